The Labute approximate surface area is 235 Å². The summed E-state index contributed by atoms with van der Waals surface area (Å²) in [7, 11) is 0. The first kappa shape index (κ1) is 29.3. The van der Waals surface area contributed by atoms with Crippen molar-refractivity contribution in [2.45, 2.75) is 57.3 Å². The number of carbonyl (C=O) groups excluding carboxylic acids is 2. The van der Waals surface area contributed by atoms with Gasteiger partial charge < -0.3 is 24.6 Å². The number of amides is 1. The Kier molecular flexibility index (Phi) is 10.6. The molecule has 212 valence electrons. The number of hydrogen-bond donors (Lipinski definition) is 2. The zero-order chi connectivity index (χ0) is 27.7. The molecule has 0 bridgehead atoms. The van der Waals surface area contributed by atoms with Gasteiger partial charge in [-0.25, -0.2) is 0 Å². The van der Waals surface area contributed by atoms with E-state index in [0.717, 1.165) is 26.1 Å². The second-order valence-corrected chi connectivity index (χ2v) is 11.1. The lowest BCUT2D eigenvalue weighted by Crippen LogP contribution is -2.45. The number of hydrogen-bond acceptors (Lipinski definition) is 7. The zero-order valence-electron chi connectivity index (χ0n) is 22.3. The van der Waals surface area contributed by atoms with Gasteiger partial charge in [-0.05, 0) is 69.0 Å². The Hall–Kier alpha value is -2.65. The molecule has 2 aliphatic rings. The van der Waals surface area contributed by atoms with Crippen molar-refractivity contribution < 1.29 is 29.3 Å². The van der Waals surface area contributed by atoms with E-state index in [1.807, 2.05) is 18.2 Å². The Morgan fingerprint density at radius 2 is 1.74 bits per heavy atom. The highest BCUT2D eigenvalue weighted by atomic mass is 35.5. The van der Waals surface area contributed by atoms with Crippen molar-refractivity contribution in [2.24, 2.45) is 5.41 Å². The minimum atomic E-state index is -1.22. The summed E-state index contributed by atoms with van der Waals surface area (Å²) in [6, 6.07) is 17.2. The third-order valence-electron chi connectivity index (χ3n) is 7.86. The van der Waals surface area contributed by atoms with Gasteiger partial charge in [-0.2, -0.15) is 0 Å². The van der Waals surface area contributed by atoms with Crippen LogP contribution < -0.4 is 4.74 Å². The highest BCUT2D eigenvalue weighted by Crippen LogP contribution is 2.38. The molecule has 2 aromatic carbocycles. The lowest BCUT2D eigenvalue weighted by molar-refractivity contribution is -0.165. The summed E-state index contributed by atoms with van der Waals surface area (Å²) in [5.41, 5.74) is 0.614. The van der Waals surface area contributed by atoms with Crippen LogP contribution in [0.3, 0.4) is 0 Å². The summed E-state index contributed by atoms with van der Waals surface area (Å²) in [6.07, 6.45) is 1.31. The van der Waals surface area contributed by atoms with Crippen molar-refractivity contribution in [3.63, 3.8) is 0 Å². The number of carbonyl (C=O) groups is 2. The van der Waals surface area contributed by atoms with Crippen LogP contribution in [-0.4, -0.2) is 83.5 Å². The molecule has 2 fully saturated rings. The minimum Gasteiger partial charge on any atom is -0.484 e. The fourth-order valence-electron chi connectivity index (χ4n) is 5.36. The summed E-state index contributed by atoms with van der Waals surface area (Å²) in [5, 5.41) is 21.5. The van der Waals surface area contributed by atoms with Crippen LogP contribution >= 0.6 is 11.6 Å². The predicted molar refractivity (Wildman–Crippen MR) is 148 cm³/mol. The van der Waals surface area contributed by atoms with Gasteiger partial charge in [-0.1, -0.05) is 54.4 Å². The van der Waals surface area contributed by atoms with Crippen molar-refractivity contribution >= 4 is 23.5 Å². The number of halogens is 1. The molecule has 9 heteroatoms. The van der Waals surface area contributed by atoms with E-state index in [4.69, 9.17) is 21.1 Å². The third kappa shape index (κ3) is 8.42. The van der Waals surface area contributed by atoms with Gasteiger partial charge in [-0.3, -0.25) is 14.5 Å². The Balaban J connectivity index is 1.37. The van der Waals surface area contributed by atoms with Crippen LogP contribution in [0.2, 0.25) is 5.02 Å². The van der Waals surface area contributed by atoms with Crippen molar-refractivity contribution in [2.75, 3.05) is 39.4 Å². The van der Waals surface area contributed by atoms with Gasteiger partial charge in [0, 0.05) is 24.7 Å². The van der Waals surface area contributed by atoms with Gasteiger partial charge in [0.15, 0.2) is 6.61 Å². The molecule has 39 heavy (non-hydrogen) atoms. The summed E-state index contributed by atoms with van der Waals surface area (Å²) in [6.45, 7) is 2.73. The first-order valence-corrected chi connectivity index (χ1v) is 14.2. The number of aliphatic hydroxyl groups is 2. The third-order valence-corrected chi connectivity index (χ3v) is 8.10. The van der Waals surface area contributed by atoms with Gasteiger partial charge >= 0.3 is 5.97 Å². The SMILES string of the molecule is O=C(COc1cccc(Cl)c1)N1CCCCC2(CCN(Cc3ccccc3)CC2)C(=O)OC[C@@H](O)[C@@H](O)CC1. The zero-order valence-corrected chi connectivity index (χ0v) is 23.1. The second kappa shape index (κ2) is 14.1. The first-order chi connectivity index (χ1) is 18.8. The maximum absolute atomic E-state index is 13.3. The first-order valence-electron chi connectivity index (χ1n) is 13.8. The van der Waals surface area contributed by atoms with Crippen molar-refractivity contribution in [1.29, 1.82) is 0 Å². The van der Waals surface area contributed by atoms with Gasteiger partial charge in [0.25, 0.3) is 5.91 Å². The minimum absolute atomic E-state index is 0.151. The number of cyclic esters (lactones) is 1. The molecule has 2 heterocycles. The van der Waals surface area contributed by atoms with E-state index < -0.39 is 17.6 Å². The largest absolute Gasteiger partial charge is 0.484 e. The molecule has 8 nitrogen and oxygen atoms in total. The normalized spacial score (nSPS) is 23.3. The van der Waals surface area contributed by atoms with E-state index >= 15 is 0 Å². The standard InChI is InChI=1S/C30H39ClN2O6/c31-24-9-6-10-25(19-24)38-22-28(36)33-15-5-4-12-30(29(37)39-21-27(35)26(34)11-16-33)13-17-32(18-14-30)20-23-7-2-1-3-8-23/h1-3,6-10,19,26-27,34-35H,4-5,11-18,20-22H2/t26-,27+/m0/s1. The molecule has 2 atom stereocenters. The second-order valence-electron chi connectivity index (χ2n) is 10.6. The van der Waals surface area contributed by atoms with E-state index in [1.165, 1.54) is 5.56 Å². The number of aliphatic hydroxyl groups excluding tert-OH is 2. The average Bonchev–Trinajstić information content (AvgIpc) is 2.95. The van der Waals surface area contributed by atoms with Crippen LogP contribution in [0.4, 0.5) is 0 Å². The molecule has 2 aromatic rings. The van der Waals surface area contributed by atoms with Gasteiger partial charge in [0.2, 0.25) is 0 Å². The maximum atomic E-state index is 13.3. The Morgan fingerprint density at radius 1 is 0.974 bits per heavy atom. The fourth-order valence-corrected chi connectivity index (χ4v) is 5.54. The number of ether oxygens (including phenoxy) is 2. The van der Waals surface area contributed by atoms with Crippen LogP contribution in [0.1, 0.15) is 44.1 Å². The molecule has 0 saturated carbocycles. The number of likely N-dealkylation sites (tertiary alicyclic amines) is 1. The molecule has 0 aromatic heterocycles. The molecule has 2 saturated heterocycles. The Morgan fingerprint density at radius 3 is 2.49 bits per heavy atom. The summed E-state index contributed by atoms with van der Waals surface area (Å²) in [5.74, 6) is 0.00590. The molecule has 4 rings (SSSR count). The topological polar surface area (TPSA) is 99.5 Å². The highest BCUT2D eigenvalue weighted by molar-refractivity contribution is 6.30. The van der Waals surface area contributed by atoms with Gasteiger partial charge in [0.1, 0.15) is 18.5 Å². The van der Waals surface area contributed by atoms with Crippen LogP contribution in [0.15, 0.2) is 54.6 Å². The monoisotopic (exact) mass is 558 g/mol. The van der Waals surface area contributed by atoms with Crippen LogP contribution in [0.25, 0.3) is 0 Å². The number of piperidine rings is 1. The number of rotatable bonds is 5. The molecular weight excluding hydrogens is 520 g/mol. The molecule has 2 N–H and O–H groups in total. The van der Waals surface area contributed by atoms with Gasteiger partial charge in [0.05, 0.1) is 11.5 Å². The van der Waals surface area contributed by atoms with E-state index in [9.17, 15) is 19.8 Å². The van der Waals surface area contributed by atoms with E-state index in [1.54, 1.807) is 29.2 Å². The van der Waals surface area contributed by atoms with Crippen LogP contribution in [0.5, 0.6) is 5.75 Å². The molecule has 0 unspecified atom stereocenters. The van der Waals surface area contributed by atoms with Gasteiger partial charge in [-0.15, -0.1) is 0 Å². The molecule has 0 radical (unpaired) electrons. The number of nitrogens with zero attached hydrogens (tertiary/aromatic N) is 2. The highest BCUT2D eigenvalue weighted by Gasteiger charge is 2.42. The van der Waals surface area contributed by atoms with E-state index in [2.05, 4.69) is 17.0 Å². The van der Waals surface area contributed by atoms with Crippen molar-refractivity contribution in [3.8, 4) is 5.75 Å². The average molecular weight is 559 g/mol. The van der Waals surface area contributed by atoms with E-state index in [-0.39, 0.29) is 38.1 Å². The lowest BCUT2D eigenvalue weighted by Gasteiger charge is -2.40. The summed E-state index contributed by atoms with van der Waals surface area (Å²) in [4.78, 5) is 30.3. The molecule has 0 aliphatic carbocycles. The number of benzene rings is 2. The summed E-state index contributed by atoms with van der Waals surface area (Å²) < 4.78 is 11.2. The molecule has 1 amide bonds. The quantitative estimate of drug-likeness (QED) is 0.540. The van der Waals surface area contributed by atoms with Crippen LogP contribution in [0, 0.1) is 5.41 Å². The van der Waals surface area contributed by atoms with Crippen molar-refractivity contribution in [3.05, 3.63) is 65.2 Å². The summed E-state index contributed by atoms with van der Waals surface area (Å²) >= 11 is 6.01. The van der Waals surface area contributed by atoms with Crippen LogP contribution in [-0.2, 0) is 20.9 Å². The fraction of sp³-hybridized carbons (Fsp3) is 0.533. The van der Waals surface area contributed by atoms with E-state index in [0.29, 0.717) is 43.0 Å². The molecular formula is C30H39ClN2O6. The molecule has 1 spiro atoms. The predicted octanol–water partition coefficient (Wildman–Crippen LogP) is 3.67. The molecule has 2 aliphatic heterocycles. The van der Waals surface area contributed by atoms with Crippen molar-refractivity contribution in [1.82, 2.24) is 9.80 Å². The number of esters is 1. The Bertz CT molecular complexity index is 1080. The maximum Gasteiger partial charge on any atom is 0.312 e. The lowest BCUT2D eigenvalue weighted by atomic mass is 9.74. The smallest absolute Gasteiger partial charge is 0.312 e.